The highest BCUT2D eigenvalue weighted by atomic mass is 19.4. The number of carboxylic acids is 1. The van der Waals surface area contributed by atoms with Gasteiger partial charge in [0, 0.05) is 29.6 Å². The maximum Gasteiger partial charge on any atom is 0.433 e. The minimum atomic E-state index is -4.58. The fourth-order valence-corrected chi connectivity index (χ4v) is 1.66. The number of hydrogen-bond donors (Lipinski definition) is 1. The van der Waals surface area contributed by atoms with Crippen LogP contribution in [0.2, 0.25) is 0 Å². The monoisotopic (exact) mass is 294 g/mol. The Bertz CT molecular complexity index is 682. The molecule has 7 heteroatoms. The Morgan fingerprint density at radius 3 is 2.57 bits per heavy atom. The van der Waals surface area contributed by atoms with Crippen molar-refractivity contribution in [1.82, 2.24) is 9.97 Å². The van der Waals surface area contributed by atoms with Crippen LogP contribution in [0.25, 0.3) is 17.3 Å². The topological polar surface area (TPSA) is 63.1 Å². The minimum Gasteiger partial charge on any atom is -0.478 e. The minimum absolute atomic E-state index is 0.0235. The normalized spacial score (nSPS) is 11.8. The zero-order valence-corrected chi connectivity index (χ0v) is 10.5. The molecule has 0 aliphatic heterocycles. The lowest BCUT2D eigenvalue weighted by Crippen LogP contribution is -2.09. The fraction of sp³-hybridized carbons (Fsp3) is 0.0714. The number of halogens is 3. The first-order valence-corrected chi connectivity index (χ1v) is 5.77. The Kier molecular flexibility index (Phi) is 4.02. The van der Waals surface area contributed by atoms with E-state index in [0.29, 0.717) is 5.56 Å². The average molecular weight is 294 g/mol. The van der Waals surface area contributed by atoms with Gasteiger partial charge in [-0.25, -0.2) is 9.78 Å². The maximum absolute atomic E-state index is 12.7. The number of nitrogens with zero attached hydrogens (tertiary/aromatic N) is 2. The molecule has 0 aromatic carbocycles. The highest BCUT2D eigenvalue weighted by Gasteiger charge is 2.33. The maximum atomic E-state index is 12.7. The van der Waals surface area contributed by atoms with Crippen LogP contribution >= 0.6 is 0 Å². The van der Waals surface area contributed by atoms with Crippen LogP contribution in [0.3, 0.4) is 0 Å². The van der Waals surface area contributed by atoms with E-state index in [1.807, 2.05) is 0 Å². The molecule has 0 atom stereocenters. The molecule has 1 N–H and O–H groups in total. The van der Waals surface area contributed by atoms with Crippen LogP contribution in [0, 0.1) is 0 Å². The van der Waals surface area contributed by atoms with Crippen molar-refractivity contribution in [1.29, 1.82) is 0 Å². The van der Waals surface area contributed by atoms with E-state index in [-0.39, 0.29) is 11.3 Å². The number of carbonyl (C=O) groups is 1. The van der Waals surface area contributed by atoms with Crippen LogP contribution < -0.4 is 0 Å². The molecule has 108 valence electrons. The third kappa shape index (κ3) is 3.65. The molecule has 0 bridgehead atoms. The van der Waals surface area contributed by atoms with E-state index in [1.165, 1.54) is 24.5 Å². The molecule has 0 spiro atoms. The Labute approximate surface area is 117 Å². The summed E-state index contributed by atoms with van der Waals surface area (Å²) in [5, 5.41) is 8.62. The third-order valence-corrected chi connectivity index (χ3v) is 2.56. The highest BCUT2D eigenvalue weighted by molar-refractivity contribution is 5.87. The van der Waals surface area contributed by atoms with Gasteiger partial charge in [0.05, 0.1) is 5.69 Å². The molecule has 2 rings (SSSR count). The van der Waals surface area contributed by atoms with Crippen molar-refractivity contribution in [2.45, 2.75) is 6.18 Å². The zero-order chi connectivity index (χ0) is 15.5. The first kappa shape index (κ1) is 14.7. The van der Waals surface area contributed by atoms with Crippen molar-refractivity contribution in [2.24, 2.45) is 0 Å². The van der Waals surface area contributed by atoms with Gasteiger partial charge in [0.1, 0.15) is 5.69 Å². The third-order valence-electron chi connectivity index (χ3n) is 2.56. The Morgan fingerprint density at radius 2 is 2.00 bits per heavy atom. The number of carboxylic acid groups (broad SMARTS) is 1. The summed E-state index contributed by atoms with van der Waals surface area (Å²) in [6.07, 6.45) is 0.290. The van der Waals surface area contributed by atoms with E-state index in [4.69, 9.17) is 5.11 Å². The van der Waals surface area contributed by atoms with Crippen LogP contribution in [0.4, 0.5) is 13.2 Å². The fourth-order valence-electron chi connectivity index (χ4n) is 1.66. The van der Waals surface area contributed by atoms with Crippen LogP contribution in [0.1, 0.15) is 11.3 Å². The highest BCUT2D eigenvalue weighted by Crippen LogP contribution is 2.31. The van der Waals surface area contributed by atoms with E-state index in [0.717, 1.165) is 12.1 Å². The Hall–Kier alpha value is -2.70. The quantitative estimate of drug-likeness (QED) is 0.883. The summed E-state index contributed by atoms with van der Waals surface area (Å²) < 4.78 is 38.2. The molecule has 2 aromatic heterocycles. The molecule has 4 nitrogen and oxygen atoms in total. The molecule has 0 fully saturated rings. The summed E-state index contributed by atoms with van der Waals surface area (Å²) in [5.74, 6) is -1.20. The summed E-state index contributed by atoms with van der Waals surface area (Å²) >= 11 is 0. The Balaban J connectivity index is 2.58. The molecule has 0 amide bonds. The van der Waals surface area contributed by atoms with E-state index in [9.17, 15) is 18.0 Å². The van der Waals surface area contributed by atoms with Crippen LogP contribution in [-0.4, -0.2) is 21.0 Å². The van der Waals surface area contributed by atoms with Gasteiger partial charge in [0.25, 0.3) is 0 Å². The van der Waals surface area contributed by atoms with Gasteiger partial charge >= 0.3 is 12.1 Å². The summed E-state index contributed by atoms with van der Waals surface area (Å²) in [5.41, 5.74) is -0.392. The van der Waals surface area contributed by atoms with Crippen molar-refractivity contribution in [3.8, 4) is 11.3 Å². The van der Waals surface area contributed by atoms with Crippen LogP contribution in [0.15, 0.2) is 42.7 Å². The van der Waals surface area contributed by atoms with Gasteiger partial charge in [-0.2, -0.15) is 13.2 Å². The summed E-state index contributed by atoms with van der Waals surface area (Å²) in [6, 6.07) is 5.09. The molecule has 0 aliphatic rings. The van der Waals surface area contributed by atoms with Gasteiger partial charge in [-0.1, -0.05) is 6.07 Å². The molecule has 0 aliphatic carbocycles. The predicted octanol–water partition coefficient (Wildman–Crippen LogP) is 3.26. The summed E-state index contributed by atoms with van der Waals surface area (Å²) in [4.78, 5) is 18.0. The second kappa shape index (κ2) is 5.74. The van der Waals surface area contributed by atoms with Crippen molar-refractivity contribution < 1.29 is 23.1 Å². The van der Waals surface area contributed by atoms with Gasteiger partial charge in [-0.05, 0) is 24.3 Å². The number of aliphatic carboxylic acids is 1. The second-order valence-electron chi connectivity index (χ2n) is 4.05. The van der Waals surface area contributed by atoms with Crippen molar-refractivity contribution in [3.05, 3.63) is 54.0 Å². The first-order chi connectivity index (χ1) is 9.88. The van der Waals surface area contributed by atoms with Crippen molar-refractivity contribution >= 4 is 12.0 Å². The Morgan fingerprint density at radius 1 is 1.24 bits per heavy atom. The lowest BCUT2D eigenvalue weighted by atomic mass is 10.1. The smallest absolute Gasteiger partial charge is 0.433 e. The standard InChI is InChI=1S/C14H9F3N2O2/c15-14(16,17)11-5-3-9(4-6-12(20)21)13(19-11)10-2-1-7-18-8-10/h1-8H,(H,20,21)/b6-4+. The van der Waals surface area contributed by atoms with Gasteiger partial charge in [-0.3, -0.25) is 4.98 Å². The van der Waals surface area contributed by atoms with E-state index < -0.39 is 17.8 Å². The largest absolute Gasteiger partial charge is 0.478 e. The van der Waals surface area contributed by atoms with Gasteiger partial charge < -0.3 is 5.11 Å². The van der Waals surface area contributed by atoms with Gasteiger partial charge in [-0.15, -0.1) is 0 Å². The molecular formula is C14H9F3N2O2. The SMILES string of the molecule is O=C(O)/C=C/c1ccc(C(F)(F)F)nc1-c1cccnc1. The molecule has 2 heterocycles. The number of alkyl halides is 3. The summed E-state index contributed by atoms with van der Waals surface area (Å²) in [6.45, 7) is 0. The molecule has 0 radical (unpaired) electrons. The second-order valence-corrected chi connectivity index (χ2v) is 4.05. The van der Waals surface area contributed by atoms with Crippen LogP contribution in [-0.2, 0) is 11.0 Å². The molecule has 0 unspecified atom stereocenters. The first-order valence-electron chi connectivity index (χ1n) is 5.77. The molecule has 0 saturated heterocycles. The summed E-state index contributed by atoms with van der Waals surface area (Å²) in [7, 11) is 0. The predicted molar refractivity (Wildman–Crippen MR) is 69.1 cm³/mol. The van der Waals surface area contributed by atoms with Crippen molar-refractivity contribution in [3.63, 3.8) is 0 Å². The van der Waals surface area contributed by atoms with Crippen molar-refractivity contribution in [2.75, 3.05) is 0 Å². The molecule has 2 aromatic rings. The number of hydrogen-bond acceptors (Lipinski definition) is 3. The van der Waals surface area contributed by atoms with Crippen LogP contribution in [0.5, 0.6) is 0 Å². The van der Waals surface area contributed by atoms with E-state index in [1.54, 1.807) is 12.1 Å². The average Bonchev–Trinajstić information content (AvgIpc) is 2.45. The van der Waals surface area contributed by atoms with E-state index >= 15 is 0 Å². The van der Waals surface area contributed by atoms with Gasteiger partial charge in [0.2, 0.25) is 0 Å². The zero-order valence-electron chi connectivity index (χ0n) is 10.5. The number of pyridine rings is 2. The number of rotatable bonds is 3. The lowest BCUT2D eigenvalue weighted by Gasteiger charge is -2.10. The number of aromatic nitrogens is 2. The van der Waals surface area contributed by atoms with E-state index in [2.05, 4.69) is 9.97 Å². The molecular weight excluding hydrogens is 285 g/mol. The molecule has 21 heavy (non-hydrogen) atoms. The van der Waals surface area contributed by atoms with Gasteiger partial charge in [0.15, 0.2) is 0 Å². The lowest BCUT2D eigenvalue weighted by molar-refractivity contribution is -0.141. The molecule has 0 saturated carbocycles.